The number of hydrogen-bond donors (Lipinski definition) is 0. The molecule has 36 heavy (non-hydrogen) atoms. The van der Waals surface area contributed by atoms with E-state index >= 15 is 0 Å². The highest BCUT2D eigenvalue weighted by Gasteiger charge is 2.34. The van der Waals surface area contributed by atoms with Crippen LogP contribution in [0.2, 0.25) is 5.02 Å². The maximum absolute atomic E-state index is 13.5. The van der Waals surface area contributed by atoms with Gasteiger partial charge in [0.15, 0.2) is 0 Å². The normalized spacial score (nSPS) is 20.2. The number of nitrogens with zero attached hydrogens (tertiary/aromatic N) is 3. The molecule has 2 aliphatic rings. The van der Waals surface area contributed by atoms with Crippen LogP contribution < -0.4 is 4.74 Å². The van der Waals surface area contributed by atoms with Crippen LogP contribution in [-0.4, -0.2) is 72.4 Å². The van der Waals surface area contributed by atoms with E-state index in [0.29, 0.717) is 36.8 Å². The molecule has 0 aliphatic carbocycles. The molecular weight excluding hydrogens is 494 g/mol. The van der Waals surface area contributed by atoms with Crippen LogP contribution in [0.5, 0.6) is 5.75 Å². The van der Waals surface area contributed by atoms with Crippen molar-refractivity contribution >= 4 is 34.8 Å². The molecule has 6 nitrogen and oxygen atoms in total. The van der Waals surface area contributed by atoms with Crippen molar-refractivity contribution in [3.63, 3.8) is 0 Å². The van der Waals surface area contributed by atoms with Crippen LogP contribution in [0.4, 0.5) is 0 Å². The van der Waals surface area contributed by atoms with Crippen LogP contribution in [0.3, 0.4) is 0 Å². The van der Waals surface area contributed by atoms with Crippen molar-refractivity contribution in [2.24, 2.45) is 0 Å². The quantitative estimate of drug-likeness (QED) is 0.485. The second kappa shape index (κ2) is 10.6. The van der Waals surface area contributed by atoms with E-state index < -0.39 is 0 Å². The number of hydrogen-bond acceptors (Lipinski definition) is 5. The smallest absolute Gasteiger partial charge is 0.254 e. The Labute approximate surface area is 221 Å². The topological polar surface area (TPSA) is 53.1 Å². The van der Waals surface area contributed by atoms with Gasteiger partial charge in [0.05, 0.1) is 19.7 Å². The number of fused-ring (bicyclic) bond motifs is 1. The molecule has 188 valence electrons. The lowest BCUT2D eigenvalue weighted by Crippen LogP contribution is -2.57. The summed E-state index contributed by atoms with van der Waals surface area (Å²) < 4.78 is 5.34. The standard InChI is InChI=1S/C28H30ClN3O3S/c1-19-17-30(14-15-32(19)28(34)21-3-7-22(29)8-4-21)26(33)18-31-13-11-25-24(12-16-36-25)27(31)20-5-9-23(35-2)10-6-20/h3-10,12,16,19,27H,11,13-15,17-18H2,1-2H3/t19-,27+/m0/s1. The van der Waals surface area contributed by atoms with Crippen LogP contribution in [-0.2, 0) is 11.2 Å². The van der Waals surface area contributed by atoms with Crippen molar-refractivity contribution in [2.75, 3.05) is 39.8 Å². The van der Waals surface area contributed by atoms with Gasteiger partial charge in [-0.1, -0.05) is 23.7 Å². The maximum atomic E-state index is 13.5. The van der Waals surface area contributed by atoms with Gasteiger partial charge in [0.2, 0.25) is 5.91 Å². The zero-order valence-electron chi connectivity index (χ0n) is 20.5. The number of methoxy groups -OCH3 is 1. The van der Waals surface area contributed by atoms with Gasteiger partial charge in [0.1, 0.15) is 5.75 Å². The molecule has 1 fully saturated rings. The molecule has 1 saturated heterocycles. The van der Waals surface area contributed by atoms with Gasteiger partial charge in [-0.2, -0.15) is 0 Å². The lowest BCUT2D eigenvalue weighted by Gasteiger charge is -2.42. The van der Waals surface area contributed by atoms with E-state index in [9.17, 15) is 9.59 Å². The SMILES string of the molecule is COc1ccc([C@@H]2c3ccsc3CCN2CC(=O)N2CCN(C(=O)c3ccc(Cl)cc3)[C@@H](C)C2)cc1. The second-order valence-electron chi connectivity index (χ2n) is 9.39. The van der Waals surface area contributed by atoms with Gasteiger partial charge in [-0.3, -0.25) is 14.5 Å². The summed E-state index contributed by atoms with van der Waals surface area (Å²) in [6.45, 7) is 4.78. The lowest BCUT2D eigenvalue weighted by atomic mass is 9.93. The Hall–Kier alpha value is -2.87. The Bertz CT molecular complexity index is 1230. The summed E-state index contributed by atoms with van der Waals surface area (Å²) in [5.74, 6) is 0.909. The average molecular weight is 524 g/mol. The molecular formula is C28H30ClN3O3S. The third-order valence-electron chi connectivity index (χ3n) is 7.17. The summed E-state index contributed by atoms with van der Waals surface area (Å²) in [7, 11) is 1.67. The number of carbonyl (C=O) groups excluding carboxylic acids is 2. The van der Waals surface area contributed by atoms with Crippen LogP contribution in [0, 0.1) is 0 Å². The third-order valence-corrected chi connectivity index (χ3v) is 8.42. The first-order chi connectivity index (χ1) is 17.4. The predicted molar refractivity (Wildman–Crippen MR) is 143 cm³/mol. The summed E-state index contributed by atoms with van der Waals surface area (Å²) in [5, 5.41) is 2.75. The zero-order chi connectivity index (χ0) is 25.2. The molecule has 0 radical (unpaired) electrons. The van der Waals surface area contributed by atoms with Crippen molar-refractivity contribution in [3.8, 4) is 5.75 Å². The van der Waals surface area contributed by atoms with Crippen molar-refractivity contribution in [1.29, 1.82) is 0 Å². The van der Waals surface area contributed by atoms with Gasteiger partial charge in [0.25, 0.3) is 5.91 Å². The van der Waals surface area contributed by atoms with E-state index in [-0.39, 0.29) is 23.9 Å². The number of halogens is 1. The minimum atomic E-state index is -0.0619. The first-order valence-corrected chi connectivity index (χ1v) is 13.5. The lowest BCUT2D eigenvalue weighted by molar-refractivity contribution is -0.135. The highest BCUT2D eigenvalue weighted by molar-refractivity contribution is 7.10. The van der Waals surface area contributed by atoms with Crippen molar-refractivity contribution in [3.05, 3.63) is 86.6 Å². The first kappa shape index (κ1) is 24.8. The molecule has 0 saturated carbocycles. The van der Waals surface area contributed by atoms with Crippen molar-refractivity contribution in [1.82, 2.24) is 14.7 Å². The predicted octanol–water partition coefficient (Wildman–Crippen LogP) is 4.73. The van der Waals surface area contributed by atoms with E-state index in [1.54, 1.807) is 42.7 Å². The number of thiophene rings is 1. The maximum Gasteiger partial charge on any atom is 0.254 e. The van der Waals surface area contributed by atoms with Gasteiger partial charge in [-0.25, -0.2) is 0 Å². The number of rotatable bonds is 5. The van der Waals surface area contributed by atoms with Gasteiger partial charge in [-0.15, -0.1) is 11.3 Å². The molecule has 2 amide bonds. The highest BCUT2D eigenvalue weighted by Crippen LogP contribution is 2.38. The average Bonchev–Trinajstić information content (AvgIpc) is 3.37. The van der Waals surface area contributed by atoms with Crippen LogP contribution in [0.15, 0.2) is 60.0 Å². The number of ether oxygens (including phenoxy) is 1. The Kier molecular flexibility index (Phi) is 7.32. The Morgan fingerprint density at radius 2 is 1.78 bits per heavy atom. The van der Waals surface area contributed by atoms with Crippen LogP contribution in [0.1, 0.15) is 39.3 Å². The largest absolute Gasteiger partial charge is 0.497 e. The summed E-state index contributed by atoms with van der Waals surface area (Å²) in [4.78, 5) is 33.9. The van der Waals surface area contributed by atoms with Crippen molar-refractivity contribution in [2.45, 2.75) is 25.4 Å². The Balaban J connectivity index is 1.27. The summed E-state index contributed by atoms with van der Waals surface area (Å²) >= 11 is 7.76. The van der Waals surface area contributed by atoms with E-state index in [2.05, 4.69) is 28.5 Å². The molecule has 1 aromatic heterocycles. The highest BCUT2D eigenvalue weighted by atomic mass is 35.5. The zero-order valence-corrected chi connectivity index (χ0v) is 22.1. The molecule has 0 bridgehead atoms. The van der Waals surface area contributed by atoms with E-state index in [4.69, 9.17) is 16.3 Å². The Morgan fingerprint density at radius 3 is 2.47 bits per heavy atom. The molecule has 5 rings (SSSR count). The van der Waals surface area contributed by atoms with Crippen LogP contribution >= 0.6 is 22.9 Å². The first-order valence-electron chi connectivity index (χ1n) is 12.2. The number of piperazine rings is 1. The molecule has 0 N–H and O–H groups in total. The fraction of sp³-hybridized carbons (Fsp3) is 0.357. The summed E-state index contributed by atoms with van der Waals surface area (Å²) in [6, 6.07) is 17.3. The molecule has 3 heterocycles. The van der Waals surface area contributed by atoms with Gasteiger partial charge >= 0.3 is 0 Å². The third kappa shape index (κ3) is 5.01. The molecule has 8 heteroatoms. The summed E-state index contributed by atoms with van der Waals surface area (Å²) in [5.41, 5.74) is 3.07. The monoisotopic (exact) mass is 523 g/mol. The second-order valence-corrected chi connectivity index (χ2v) is 10.8. The van der Waals surface area contributed by atoms with E-state index in [1.165, 1.54) is 10.4 Å². The fourth-order valence-corrected chi connectivity index (χ4v) is 6.26. The summed E-state index contributed by atoms with van der Waals surface area (Å²) in [6.07, 6.45) is 0.951. The molecule has 2 atom stereocenters. The minimum Gasteiger partial charge on any atom is -0.497 e. The molecule has 2 aromatic carbocycles. The van der Waals surface area contributed by atoms with Gasteiger partial charge in [-0.05, 0) is 72.3 Å². The van der Waals surface area contributed by atoms with Gasteiger partial charge < -0.3 is 14.5 Å². The molecule has 3 aromatic rings. The minimum absolute atomic E-state index is 0.0214. The van der Waals surface area contributed by atoms with Crippen LogP contribution in [0.25, 0.3) is 0 Å². The van der Waals surface area contributed by atoms with Crippen molar-refractivity contribution < 1.29 is 14.3 Å². The molecule has 0 spiro atoms. The fourth-order valence-electron chi connectivity index (χ4n) is 5.23. The van der Waals surface area contributed by atoms with E-state index in [1.807, 2.05) is 28.9 Å². The molecule has 2 aliphatic heterocycles. The van der Waals surface area contributed by atoms with E-state index in [0.717, 1.165) is 24.3 Å². The number of amides is 2. The van der Waals surface area contributed by atoms with Gasteiger partial charge in [0, 0.05) is 47.7 Å². The number of benzene rings is 2. The Morgan fingerprint density at radius 1 is 1.03 bits per heavy atom. The molecule has 0 unspecified atom stereocenters. The number of carbonyl (C=O) groups is 2.